The predicted molar refractivity (Wildman–Crippen MR) is 149 cm³/mol. The Morgan fingerprint density at radius 3 is 2.49 bits per heavy atom. The summed E-state index contributed by atoms with van der Waals surface area (Å²) in [5.74, 6) is 0.475. The Labute approximate surface area is 236 Å². The average Bonchev–Trinajstić information content (AvgIpc) is 3.55. The molecule has 11 heteroatoms. The average molecular weight is 560 g/mol. The van der Waals surface area contributed by atoms with E-state index in [0.29, 0.717) is 49.7 Å². The molecule has 0 aromatic heterocycles. The number of nitrogens with zero attached hydrogens (tertiary/aromatic N) is 3. The smallest absolute Gasteiger partial charge is 0.321 e. The molecule has 212 valence electrons. The van der Waals surface area contributed by atoms with E-state index in [0.717, 1.165) is 11.3 Å². The molecular formula is C30H30FN5O5. The molecule has 1 spiro atoms. The Balaban J connectivity index is 1.12. The molecule has 2 saturated heterocycles. The third-order valence-electron chi connectivity index (χ3n) is 7.80. The summed E-state index contributed by atoms with van der Waals surface area (Å²) in [4.78, 5) is 45.0. The third-order valence-corrected chi connectivity index (χ3v) is 7.80. The summed E-state index contributed by atoms with van der Waals surface area (Å²) in [6.07, 6.45) is 0.791. The number of fused-ring (bicyclic) bond motifs is 1. The number of carbonyl (C=O) groups is 3. The number of piperidine rings is 1. The molecule has 3 heterocycles. The molecule has 0 atom stereocenters. The number of amides is 4. The highest BCUT2D eigenvalue weighted by molar-refractivity contribution is 5.97. The maximum Gasteiger partial charge on any atom is 0.321 e. The Morgan fingerprint density at radius 2 is 1.71 bits per heavy atom. The van der Waals surface area contributed by atoms with E-state index < -0.39 is 11.4 Å². The monoisotopic (exact) mass is 559 g/mol. The molecule has 0 unspecified atom stereocenters. The van der Waals surface area contributed by atoms with Crippen molar-refractivity contribution in [3.8, 4) is 11.5 Å². The molecule has 3 aromatic rings. The standard InChI is InChI=1S/C30H30FN5O5/c31-22-5-4-6-23(16-22)33-29(39)34-13-11-30(12-14-34)28(38)35(19-36(30)24-7-2-1-3-8-24)18-27(37)32-17-21-9-10-25-26(15-21)41-20-40-25/h1-10,15-16H,11-14,17-20H2,(H,32,37)(H,33,39). The maximum atomic E-state index is 13.9. The predicted octanol–water partition coefficient (Wildman–Crippen LogP) is 3.54. The number of benzene rings is 3. The molecule has 2 N–H and O–H groups in total. The molecule has 0 bridgehead atoms. The summed E-state index contributed by atoms with van der Waals surface area (Å²) in [5, 5.41) is 5.63. The second-order valence-corrected chi connectivity index (χ2v) is 10.3. The fourth-order valence-corrected chi connectivity index (χ4v) is 5.65. The van der Waals surface area contributed by atoms with Gasteiger partial charge in [0.25, 0.3) is 5.91 Å². The van der Waals surface area contributed by atoms with Gasteiger partial charge in [-0.05, 0) is 60.9 Å². The molecule has 41 heavy (non-hydrogen) atoms. The van der Waals surface area contributed by atoms with Crippen molar-refractivity contribution in [2.75, 3.05) is 43.3 Å². The van der Waals surface area contributed by atoms with Gasteiger partial charge in [0.05, 0.1) is 6.67 Å². The van der Waals surface area contributed by atoms with Gasteiger partial charge in [0, 0.05) is 31.0 Å². The zero-order valence-electron chi connectivity index (χ0n) is 22.3. The zero-order chi connectivity index (χ0) is 28.4. The quantitative estimate of drug-likeness (QED) is 0.479. The SMILES string of the molecule is O=C(CN1CN(c2ccccc2)C2(CCN(C(=O)Nc3cccc(F)c3)CC2)C1=O)NCc1ccc2c(c1)OCO2. The van der Waals surface area contributed by atoms with Crippen LogP contribution in [0.4, 0.5) is 20.6 Å². The lowest BCUT2D eigenvalue weighted by molar-refractivity contribution is -0.137. The first-order valence-electron chi connectivity index (χ1n) is 13.5. The third kappa shape index (κ3) is 5.34. The van der Waals surface area contributed by atoms with Gasteiger partial charge in [-0.3, -0.25) is 9.59 Å². The lowest BCUT2D eigenvalue weighted by Gasteiger charge is -2.43. The van der Waals surface area contributed by atoms with Crippen LogP contribution in [0.15, 0.2) is 72.8 Å². The number of ether oxygens (including phenoxy) is 2. The Hall–Kier alpha value is -4.80. The molecule has 3 aliphatic rings. The van der Waals surface area contributed by atoms with Crippen molar-refractivity contribution in [1.82, 2.24) is 15.1 Å². The number of anilines is 2. The van der Waals surface area contributed by atoms with E-state index in [4.69, 9.17) is 9.47 Å². The summed E-state index contributed by atoms with van der Waals surface area (Å²) in [7, 11) is 0. The molecule has 0 aliphatic carbocycles. The van der Waals surface area contributed by atoms with Gasteiger partial charge < -0.3 is 34.8 Å². The van der Waals surface area contributed by atoms with Crippen LogP contribution in [-0.2, 0) is 16.1 Å². The minimum atomic E-state index is -0.880. The summed E-state index contributed by atoms with van der Waals surface area (Å²) in [6.45, 7) is 1.31. The summed E-state index contributed by atoms with van der Waals surface area (Å²) in [6, 6.07) is 20.5. The fourth-order valence-electron chi connectivity index (χ4n) is 5.65. The second-order valence-electron chi connectivity index (χ2n) is 10.3. The van der Waals surface area contributed by atoms with E-state index in [1.807, 2.05) is 47.4 Å². The van der Waals surface area contributed by atoms with E-state index >= 15 is 0 Å². The fraction of sp³-hybridized carbons (Fsp3) is 0.300. The van der Waals surface area contributed by atoms with Crippen molar-refractivity contribution >= 4 is 29.2 Å². The van der Waals surface area contributed by atoms with Gasteiger partial charge in [0.1, 0.15) is 17.9 Å². The van der Waals surface area contributed by atoms with Crippen LogP contribution in [0.2, 0.25) is 0 Å². The van der Waals surface area contributed by atoms with Crippen LogP contribution in [0.25, 0.3) is 0 Å². The van der Waals surface area contributed by atoms with E-state index in [2.05, 4.69) is 10.6 Å². The van der Waals surface area contributed by atoms with Gasteiger partial charge in [0.2, 0.25) is 12.7 Å². The van der Waals surface area contributed by atoms with Gasteiger partial charge in [-0.2, -0.15) is 0 Å². The van der Waals surface area contributed by atoms with E-state index in [1.165, 1.54) is 18.2 Å². The molecular weight excluding hydrogens is 529 g/mol. The van der Waals surface area contributed by atoms with Crippen LogP contribution in [0.5, 0.6) is 11.5 Å². The minimum Gasteiger partial charge on any atom is -0.454 e. The second kappa shape index (κ2) is 11.0. The number of para-hydroxylation sites is 1. The highest BCUT2D eigenvalue weighted by Gasteiger charge is 2.54. The number of hydrogen-bond donors (Lipinski definition) is 2. The topological polar surface area (TPSA) is 103 Å². The number of rotatable bonds is 6. The van der Waals surface area contributed by atoms with Crippen LogP contribution in [-0.4, -0.2) is 66.3 Å². The van der Waals surface area contributed by atoms with Crippen molar-refractivity contribution in [2.45, 2.75) is 24.9 Å². The van der Waals surface area contributed by atoms with Crippen LogP contribution in [0.1, 0.15) is 18.4 Å². The first-order chi connectivity index (χ1) is 19.9. The summed E-state index contributed by atoms with van der Waals surface area (Å²) >= 11 is 0. The number of urea groups is 1. The largest absolute Gasteiger partial charge is 0.454 e. The molecule has 3 aliphatic heterocycles. The normalized spacial score (nSPS) is 17.2. The summed E-state index contributed by atoms with van der Waals surface area (Å²) in [5.41, 5.74) is 1.23. The van der Waals surface area contributed by atoms with Crippen LogP contribution in [0, 0.1) is 5.82 Å². The number of nitrogens with one attached hydrogen (secondary N) is 2. The van der Waals surface area contributed by atoms with Crippen molar-refractivity contribution in [1.29, 1.82) is 0 Å². The van der Waals surface area contributed by atoms with Gasteiger partial charge in [-0.25, -0.2) is 9.18 Å². The van der Waals surface area contributed by atoms with Gasteiger partial charge in [-0.15, -0.1) is 0 Å². The molecule has 3 aromatic carbocycles. The zero-order valence-corrected chi connectivity index (χ0v) is 22.3. The van der Waals surface area contributed by atoms with Crippen LogP contribution < -0.4 is 25.0 Å². The maximum absolute atomic E-state index is 13.9. The summed E-state index contributed by atoms with van der Waals surface area (Å²) < 4.78 is 24.3. The van der Waals surface area contributed by atoms with Crippen molar-refractivity contribution < 1.29 is 28.2 Å². The van der Waals surface area contributed by atoms with Crippen molar-refractivity contribution in [3.63, 3.8) is 0 Å². The lowest BCUT2D eigenvalue weighted by atomic mass is 9.85. The van der Waals surface area contributed by atoms with Gasteiger partial charge in [0.15, 0.2) is 11.5 Å². The number of likely N-dealkylation sites (tertiary alicyclic amines) is 1. The highest BCUT2D eigenvalue weighted by Crippen LogP contribution is 2.39. The molecule has 2 fully saturated rings. The Bertz CT molecular complexity index is 1460. The highest BCUT2D eigenvalue weighted by atomic mass is 19.1. The van der Waals surface area contributed by atoms with E-state index in [1.54, 1.807) is 21.9 Å². The molecule has 0 radical (unpaired) electrons. The molecule has 4 amide bonds. The van der Waals surface area contributed by atoms with Crippen LogP contribution in [0.3, 0.4) is 0 Å². The Morgan fingerprint density at radius 1 is 0.927 bits per heavy atom. The molecule has 0 saturated carbocycles. The van der Waals surface area contributed by atoms with E-state index in [9.17, 15) is 18.8 Å². The number of carbonyl (C=O) groups excluding carboxylic acids is 3. The molecule has 10 nitrogen and oxygen atoms in total. The van der Waals surface area contributed by atoms with E-state index in [-0.39, 0.29) is 37.9 Å². The Kier molecular flexibility index (Phi) is 7.08. The van der Waals surface area contributed by atoms with Crippen LogP contribution >= 0.6 is 0 Å². The number of hydrogen-bond acceptors (Lipinski definition) is 6. The first-order valence-corrected chi connectivity index (χ1v) is 13.5. The minimum absolute atomic E-state index is 0.0851. The van der Waals surface area contributed by atoms with Crippen molar-refractivity contribution in [2.24, 2.45) is 0 Å². The van der Waals surface area contributed by atoms with Gasteiger partial charge in [-0.1, -0.05) is 30.3 Å². The lowest BCUT2D eigenvalue weighted by Crippen LogP contribution is -2.58. The van der Waals surface area contributed by atoms with Gasteiger partial charge >= 0.3 is 6.03 Å². The molecule has 6 rings (SSSR count). The number of halogens is 1. The van der Waals surface area contributed by atoms with Crippen molar-refractivity contribution in [3.05, 3.63) is 84.2 Å². The first kappa shape index (κ1) is 26.4.